The average Bonchev–Trinajstić information content (AvgIpc) is 3.54. The molecule has 2 aliphatic rings. The molecule has 0 heterocycles. The average molecular weight is 406 g/mol. The predicted molar refractivity (Wildman–Crippen MR) is 99.0 cm³/mol. The minimum absolute atomic E-state index is 0.0790. The van der Waals surface area contributed by atoms with Crippen LogP contribution in [0.3, 0.4) is 0 Å². The van der Waals surface area contributed by atoms with Crippen LogP contribution < -0.4 is 5.32 Å². The van der Waals surface area contributed by atoms with E-state index >= 15 is 0 Å². The van der Waals surface area contributed by atoms with Gasteiger partial charge in [-0.2, -0.15) is 4.31 Å². The maximum Gasteiger partial charge on any atom is 0.251 e. The van der Waals surface area contributed by atoms with Crippen molar-refractivity contribution in [3.8, 4) is 0 Å². The Balaban J connectivity index is 1.54. The Kier molecular flexibility index (Phi) is 4.93. The summed E-state index contributed by atoms with van der Waals surface area (Å²) in [4.78, 5) is 11.7. The summed E-state index contributed by atoms with van der Waals surface area (Å²) < 4.78 is 54.2. The molecule has 8 heteroatoms. The summed E-state index contributed by atoms with van der Waals surface area (Å²) >= 11 is 0. The van der Waals surface area contributed by atoms with Gasteiger partial charge in [0, 0.05) is 30.3 Å². The fraction of sp³-hybridized carbons (Fsp3) is 0.350. The summed E-state index contributed by atoms with van der Waals surface area (Å²) in [5, 5.41) is 2.90. The van der Waals surface area contributed by atoms with Crippen molar-refractivity contribution in [3.05, 3.63) is 65.2 Å². The van der Waals surface area contributed by atoms with Crippen LogP contribution in [0.25, 0.3) is 0 Å². The number of halogens is 2. The van der Waals surface area contributed by atoms with E-state index in [1.165, 1.54) is 4.31 Å². The van der Waals surface area contributed by atoms with Crippen molar-refractivity contribution >= 4 is 15.9 Å². The molecule has 5 nitrogen and oxygen atoms in total. The monoisotopic (exact) mass is 406 g/mol. The molecule has 0 atom stereocenters. The molecule has 1 N–H and O–H groups in total. The van der Waals surface area contributed by atoms with Gasteiger partial charge >= 0.3 is 0 Å². The van der Waals surface area contributed by atoms with Gasteiger partial charge in [0.1, 0.15) is 11.6 Å². The van der Waals surface area contributed by atoms with Gasteiger partial charge in [-0.3, -0.25) is 4.79 Å². The Hall–Kier alpha value is -2.32. The molecule has 2 aromatic carbocycles. The van der Waals surface area contributed by atoms with Gasteiger partial charge in [-0.05, 0) is 55.5 Å². The molecule has 0 bridgehead atoms. The number of carbonyl (C=O) groups is 1. The minimum atomic E-state index is -4.04. The standard InChI is InChI=1S/C20H20F2N2O3S/c21-15-9-16(22)11-19(10-15)28(26,27)24(18-7-8-18)12-13-1-3-14(4-2-13)20(25)23-17-5-6-17/h1-4,9-11,17-18H,5-8,12H2,(H,23,25). The van der Waals surface area contributed by atoms with Gasteiger partial charge in [-0.25, -0.2) is 17.2 Å². The van der Waals surface area contributed by atoms with E-state index in [0.29, 0.717) is 30.0 Å². The zero-order valence-electron chi connectivity index (χ0n) is 15.1. The first-order valence-corrected chi connectivity index (χ1v) is 10.6. The van der Waals surface area contributed by atoms with Crippen molar-refractivity contribution in [3.63, 3.8) is 0 Å². The second kappa shape index (κ2) is 7.25. The van der Waals surface area contributed by atoms with Gasteiger partial charge in [0.2, 0.25) is 10.0 Å². The molecule has 4 rings (SSSR count). The Bertz CT molecular complexity index is 980. The number of nitrogens with one attached hydrogen (secondary N) is 1. The topological polar surface area (TPSA) is 66.5 Å². The van der Waals surface area contributed by atoms with E-state index in [9.17, 15) is 22.0 Å². The molecule has 28 heavy (non-hydrogen) atoms. The van der Waals surface area contributed by atoms with Gasteiger partial charge in [0.25, 0.3) is 5.91 Å². The van der Waals surface area contributed by atoms with Crippen molar-refractivity contribution < 1.29 is 22.0 Å². The highest BCUT2D eigenvalue weighted by Gasteiger charge is 2.38. The van der Waals surface area contributed by atoms with Crippen LogP contribution in [0.2, 0.25) is 0 Å². The number of hydrogen-bond donors (Lipinski definition) is 1. The molecule has 0 unspecified atom stereocenters. The highest BCUT2D eigenvalue weighted by molar-refractivity contribution is 7.89. The maximum atomic E-state index is 13.5. The lowest BCUT2D eigenvalue weighted by molar-refractivity contribution is 0.0951. The summed E-state index contributed by atoms with van der Waals surface area (Å²) in [5.41, 5.74) is 1.22. The Labute approximate surface area is 162 Å². The highest BCUT2D eigenvalue weighted by Crippen LogP contribution is 2.34. The highest BCUT2D eigenvalue weighted by atomic mass is 32.2. The molecule has 2 aromatic rings. The third kappa shape index (κ3) is 4.23. The zero-order chi connectivity index (χ0) is 19.9. The van der Waals surface area contributed by atoms with Crippen LogP contribution in [0.15, 0.2) is 47.4 Å². The van der Waals surface area contributed by atoms with Crippen LogP contribution in [0.5, 0.6) is 0 Å². The summed E-state index contributed by atoms with van der Waals surface area (Å²) in [5.74, 6) is -2.00. The van der Waals surface area contributed by atoms with Crippen molar-refractivity contribution in [1.82, 2.24) is 9.62 Å². The van der Waals surface area contributed by atoms with Crippen molar-refractivity contribution in [2.24, 2.45) is 0 Å². The molecular formula is C20H20F2N2O3S. The quantitative estimate of drug-likeness (QED) is 0.768. The molecule has 0 aromatic heterocycles. The number of benzene rings is 2. The minimum Gasteiger partial charge on any atom is -0.349 e. The molecule has 0 spiro atoms. The lowest BCUT2D eigenvalue weighted by Crippen LogP contribution is -2.33. The lowest BCUT2D eigenvalue weighted by Gasteiger charge is -2.22. The first-order chi connectivity index (χ1) is 13.3. The molecule has 0 saturated heterocycles. The Morgan fingerprint density at radius 1 is 1.00 bits per heavy atom. The zero-order valence-corrected chi connectivity index (χ0v) is 15.9. The van der Waals surface area contributed by atoms with Crippen molar-refractivity contribution in [1.29, 1.82) is 0 Å². The van der Waals surface area contributed by atoms with Gasteiger partial charge < -0.3 is 5.32 Å². The third-order valence-electron chi connectivity index (χ3n) is 4.86. The lowest BCUT2D eigenvalue weighted by atomic mass is 10.1. The van der Waals surface area contributed by atoms with Crippen LogP contribution in [0.1, 0.15) is 41.6 Å². The van der Waals surface area contributed by atoms with Crippen LogP contribution in [0, 0.1) is 11.6 Å². The van der Waals surface area contributed by atoms with E-state index in [-0.39, 0.29) is 24.5 Å². The van der Waals surface area contributed by atoms with Crippen molar-refractivity contribution in [2.75, 3.05) is 0 Å². The molecule has 2 saturated carbocycles. The number of hydrogen-bond acceptors (Lipinski definition) is 3. The third-order valence-corrected chi connectivity index (χ3v) is 6.74. The fourth-order valence-electron chi connectivity index (χ4n) is 3.02. The summed E-state index contributed by atoms with van der Waals surface area (Å²) in [6, 6.07) is 9.12. The first-order valence-electron chi connectivity index (χ1n) is 9.21. The maximum absolute atomic E-state index is 13.5. The van der Waals surface area contributed by atoms with Gasteiger partial charge in [-0.1, -0.05) is 12.1 Å². The predicted octanol–water partition coefficient (Wildman–Crippen LogP) is 3.21. The number of rotatable bonds is 7. The Morgan fingerprint density at radius 2 is 1.61 bits per heavy atom. The molecule has 0 aliphatic heterocycles. The summed E-state index contributed by atoms with van der Waals surface area (Å²) in [7, 11) is -4.04. The smallest absolute Gasteiger partial charge is 0.251 e. The number of nitrogens with zero attached hydrogens (tertiary/aromatic N) is 1. The van der Waals surface area contributed by atoms with E-state index in [1.807, 2.05) is 0 Å². The van der Waals surface area contributed by atoms with E-state index in [4.69, 9.17) is 0 Å². The van der Waals surface area contributed by atoms with E-state index in [1.54, 1.807) is 24.3 Å². The van der Waals surface area contributed by atoms with Gasteiger partial charge in [-0.15, -0.1) is 0 Å². The van der Waals surface area contributed by atoms with E-state index < -0.39 is 26.6 Å². The molecule has 2 aliphatic carbocycles. The second-order valence-corrected chi connectivity index (χ2v) is 9.22. The second-order valence-electron chi connectivity index (χ2n) is 7.33. The first kappa shape index (κ1) is 19.0. The van der Waals surface area contributed by atoms with Crippen LogP contribution in [-0.4, -0.2) is 30.7 Å². The van der Waals surface area contributed by atoms with Crippen LogP contribution in [0.4, 0.5) is 8.78 Å². The summed E-state index contributed by atoms with van der Waals surface area (Å²) in [6.07, 6.45) is 3.41. The molecule has 148 valence electrons. The Morgan fingerprint density at radius 3 is 2.14 bits per heavy atom. The fourth-order valence-corrected chi connectivity index (χ4v) is 4.74. The molecule has 1 amide bonds. The normalized spacial score (nSPS) is 17.0. The number of carbonyl (C=O) groups excluding carboxylic acids is 1. The molecule has 0 radical (unpaired) electrons. The summed E-state index contributed by atoms with van der Waals surface area (Å²) in [6.45, 7) is 0.0790. The van der Waals surface area contributed by atoms with Gasteiger partial charge in [0.05, 0.1) is 4.90 Å². The van der Waals surface area contributed by atoms with E-state index in [2.05, 4.69) is 5.32 Å². The van der Waals surface area contributed by atoms with E-state index in [0.717, 1.165) is 25.0 Å². The van der Waals surface area contributed by atoms with Crippen LogP contribution in [-0.2, 0) is 16.6 Å². The number of sulfonamides is 1. The molecule has 2 fully saturated rings. The largest absolute Gasteiger partial charge is 0.349 e. The van der Waals surface area contributed by atoms with Gasteiger partial charge in [0.15, 0.2) is 0 Å². The molecular weight excluding hydrogens is 386 g/mol. The number of amides is 1. The van der Waals surface area contributed by atoms with Crippen molar-refractivity contribution in [2.45, 2.75) is 49.2 Å². The SMILES string of the molecule is O=C(NC1CC1)c1ccc(CN(C2CC2)S(=O)(=O)c2cc(F)cc(F)c2)cc1. The van der Waals surface area contributed by atoms with Crippen LogP contribution >= 0.6 is 0 Å².